The summed E-state index contributed by atoms with van der Waals surface area (Å²) >= 11 is 0. The Hall–Kier alpha value is -6.79. The number of nitrogens with one attached hydrogen (secondary N) is 2. The Bertz CT molecular complexity index is 3050. The Morgan fingerprint density at radius 3 is 2.25 bits per heavy atom. The highest BCUT2D eigenvalue weighted by Gasteiger charge is 2.51. The van der Waals surface area contributed by atoms with Crippen molar-refractivity contribution in [3.05, 3.63) is 87.3 Å². The normalized spacial score (nSPS) is 28.0. The van der Waals surface area contributed by atoms with Crippen LogP contribution in [0.25, 0.3) is 10.8 Å². The molecule has 1 spiro atoms. The first-order chi connectivity index (χ1) is 37.3. The van der Waals surface area contributed by atoms with Crippen LogP contribution < -0.4 is 30.8 Å². The van der Waals surface area contributed by atoms with Gasteiger partial charge in [0, 0.05) is 87.6 Å². The fraction of sp³-hybridized carbons (Fsp3) is 0.557. The van der Waals surface area contributed by atoms with Gasteiger partial charge in [-0.2, -0.15) is 0 Å². The number of aliphatic hydroxyl groups is 1. The van der Waals surface area contributed by atoms with Gasteiger partial charge < -0.3 is 54.5 Å². The minimum atomic E-state index is -1.87. The molecule has 18 nitrogen and oxygen atoms in total. The molecule has 5 heterocycles. The monoisotopic (exact) mass is 1090 g/mol. The number of carbonyl (C=O) groups excluding carboxylic acids is 5. The minimum Gasteiger partial charge on any atom is -0.507 e. The molecule has 5 aliphatic heterocycles. The van der Waals surface area contributed by atoms with Gasteiger partial charge in [-0.1, -0.05) is 85.8 Å². The molecule has 5 aliphatic rings. The molecule has 0 aromatic heterocycles. The zero-order chi connectivity index (χ0) is 57.8. The predicted octanol–water partition coefficient (Wildman–Crippen LogP) is 9.04. The van der Waals surface area contributed by atoms with Crippen LogP contribution in [0.1, 0.15) is 137 Å². The number of fused-ring (bicyclic) bond motifs is 13. The van der Waals surface area contributed by atoms with Crippen LogP contribution in [0.15, 0.2) is 69.9 Å². The molecular formula is C61H81N5O13. The summed E-state index contributed by atoms with van der Waals surface area (Å²) in [4.78, 5) is 78.5. The molecule has 8 rings (SSSR count). The summed E-state index contributed by atoms with van der Waals surface area (Å²) < 4.78 is 29.4. The van der Waals surface area contributed by atoms with Crippen LogP contribution in [-0.4, -0.2) is 99.8 Å². The fourth-order valence-corrected chi connectivity index (χ4v) is 11.2. The minimum absolute atomic E-state index is 0.00871. The molecule has 1 saturated heterocycles. The number of phenolic OH excluding ortho intramolecular Hbond substituents is 2. The van der Waals surface area contributed by atoms with E-state index in [1.165, 1.54) is 20.1 Å². The maximum Gasteiger partial charge on any atom is 0.407 e. The number of benzene rings is 3. The van der Waals surface area contributed by atoms with Gasteiger partial charge in [-0.15, -0.1) is 0 Å². The molecule has 5 N–H and O–H groups in total. The molecule has 428 valence electrons. The standard InChI is InChI=1S/C61H81N5O13/c1-32(2)29-66-27-24-61(25-28-66)64-49-46-47-53(70)41(11)56-48(46)57(72)60(13,79-56)76-30-35(5)36(6)37(7)38(8)39(9)52(69)40(10)55(33(3)17-16-18-34(4)58(73)63-51(54(47)71)50(49)65-61)78-45(68)19-14-15-26-62-59(74)75-31-43-20-22-44(23-21-43)77-42(12)67/h16-18,20-23,30,32-33,36-40,52,55,64,69-71H,14-15,19,24-29,31H2,1-13H3,(H,62,74)/b17-16+,34-18-,35-30+,63-51?/t33-,36-,37+,38+,39-,40-,52-,55-,60-/m0/s1. The van der Waals surface area contributed by atoms with Crippen molar-refractivity contribution in [1.82, 2.24) is 10.2 Å². The number of aromatic hydroxyl groups is 2. The van der Waals surface area contributed by atoms with Crippen molar-refractivity contribution >= 4 is 46.2 Å². The highest BCUT2D eigenvalue weighted by Crippen LogP contribution is 2.51. The third kappa shape index (κ3) is 13.1. The summed E-state index contributed by atoms with van der Waals surface area (Å²) in [5.41, 5.74) is 1.50. The van der Waals surface area contributed by atoms with Crippen LogP contribution in [0.2, 0.25) is 0 Å². The summed E-state index contributed by atoms with van der Waals surface area (Å²) in [5, 5.41) is 42.9. The molecule has 2 amide bonds. The van der Waals surface area contributed by atoms with E-state index in [-0.39, 0.29) is 92.9 Å². The lowest BCUT2D eigenvalue weighted by atomic mass is 9.71. The van der Waals surface area contributed by atoms with E-state index in [0.717, 1.165) is 25.2 Å². The fourth-order valence-electron chi connectivity index (χ4n) is 11.2. The Morgan fingerprint density at radius 2 is 1.59 bits per heavy atom. The van der Waals surface area contributed by atoms with Crippen molar-refractivity contribution in [3.63, 3.8) is 0 Å². The first-order valence-corrected chi connectivity index (χ1v) is 27.8. The molecule has 18 heteroatoms. The molecule has 1 fully saturated rings. The second-order valence-corrected chi connectivity index (χ2v) is 23.0. The number of carbonyl (C=O) groups is 5. The number of hydrogen-bond acceptors (Lipinski definition) is 16. The lowest BCUT2D eigenvalue weighted by Crippen LogP contribution is -2.47. The summed E-state index contributed by atoms with van der Waals surface area (Å²) in [6, 6.07) is 6.60. The van der Waals surface area contributed by atoms with E-state index in [1.807, 2.05) is 27.7 Å². The maximum absolute atomic E-state index is 14.9. The second kappa shape index (κ2) is 24.7. The number of amides is 2. The number of ketones is 1. The van der Waals surface area contributed by atoms with Crippen molar-refractivity contribution in [3.8, 4) is 23.0 Å². The molecule has 3 aromatic carbocycles. The van der Waals surface area contributed by atoms with Gasteiger partial charge in [0.2, 0.25) is 0 Å². The number of anilines is 1. The number of hydrogen-bond donors (Lipinski definition) is 5. The average molecular weight is 1090 g/mol. The number of aliphatic hydroxyl groups excluding tert-OH is 1. The van der Waals surface area contributed by atoms with E-state index in [1.54, 1.807) is 56.3 Å². The van der Waals surface area contributed by atoms with Crippen molar-refractivity contribution in [2.75, 3.05) is 31.5 Å². The molecule has 0 aliphatic carbocycles. The Balaban J connectivity index is 1.18. The number of rotatable bonds is 11. The van der Waals surface area contributed by atoms with Crippen molar-refractivity contribution in [1.29, 1.82) is 0 Å². The smallest absolute Gasteiger partial charge is 0.407 e. The van der Waals surface area contributed by atoms with Gasteiger partial charge in [0.05, 0.1) is 29.0 Å². The number of esters is 2. The molecule has 5 bridgehead atoms. The van der Waals surface area contributed by atoms with Gasteiger partial charge in [0.25, 0.3) is 11.7 Å². The van der Waals surface area contributed by atoms with E-state index in [0.29, 0.717) is 48.6 Å². The van der Waals surface area contributed by atoms with Crippen LogP contribution >= 0.6 is 0 Å². The molecule has 3 aromatic rings. The van der Waals surface area contributed by atoms with Crippen LogP contribution in [0.5, 0.6) is 23.0 Å². The van der Waals surface area contributed by atoms with Crippen molar-refractivity contribution in [2.45, 2.75) is 152 Å². The Labute approximate surface area is 463 Å². The third-order valence-corrected chi connectivity index (χ3v) is 16.7. The molecule has 9 atom stereocenters. The van der Waals surface area contributed by atoms with E-state index in [2.05, 4.69) is 55.1 Å². The molecule has 0 radical (unpaired) electrons. The van der Waals surface area contributed by atoms with Crippen LogP contribution in [-0.2, 0) is 35.2 Å². The highest BCUT2D eigenvalue weighted by molar-refractivity contribution is 6.21. The van der Waals surface area contributed by atoms with Crippen LogP contribution in [0, 0.1) is 48.3 Å². The summed E-state index contributed by atoms with van der Waals surface area (Å²) in [6.45, 7) is 26.8. The van der Waals surface area contributed by atoms with Gasteiger partial charge in [-0.05, 0) is 86.5 Å². The zero-order valence-electron chi connectivity index (χ0n) is 48.2. The number of unbranched alkanes of at least 4 members (excludes halogenated alkanes) is 1. The van der Waals surface area contributed by atoms with Gasteiger partial charge in [0.1, 0.15) is 46.3 Å². The Kier molecular flexibility index (Phi) is 18.7. The van der Waals surface area contributed by atoms with Crippen molar-refractivity contribution in [2.24, 2.45) is 51.4 Å². The van der Waals surface area contributed by atoms with Gasteiger partial charge in [0.15, 0.2) is 5.75 Å². The first kappa shape index (κ1) is 59.9. The second-order valence-electron chi connectivity index (χ2n) is 23.0. The number of nitrogens with zero attached hydrogens (tertiary/aromatic N) is 3. The molecule has 0 unspecified atom stereocenters. The Morgan fingerprint density at radius 1 is 0.911 bits per heavy atom. The van der Waals surface area contributed by atoms with E-state index in [4.69, 9.17) is 28.7 Å². The first-order valence-electron chi connectivity index (χ1n) is 27.8. The lowest BCUT2D eigenvalue weighted by molar-refractivity contribution is -0.158. The lowest BCUT2D eigenvalue weighted by Gasteiger charge is -2.38. The number of ether oxygens (including phenoxy) is 5. The molecular weight excluding hydrogens is 1010 g/mol. The highest BCUT2D eigenvalue weighted by atomic mass is 16.7. The van der Waals surface area contributed by atoms with E-state index < -0.39 is 71.0 Å². The summed E-state index contributed by atoms with van der Waals surface area (Å²) in [5.74, 6) is -5.42. The number of alkyl carbamates (subject to hydrolysis) is 1. The largest absolute Gasteiger partial charge is 0.507 e. The van der Waals surface area contributed by atoms with Crippen molar-refractivity contribution < 1.29 is 63.0 Å². The number of piperidine rings is 1. The summed E-state index contributed by atoms with van der Waals surface area (Å²) in [6.07, 6.45) is 6.32. The van der Waals surface area contributed by atoms with E-state index in [9.17, 15) is 39.3 Å². The zero-order valence-corrected chi connectivity index (χ0v) is 48.2. The topological polar surface area (TPSA) is 244 Å². The quantitative estimate of drug-likeness (QED) is 0.0520. The summed E-state index contributed by atoms with van der Waals surface area (Å²) in [7, 11) is 0. The molecule has 79 heavy (non-hydrogen) atoms. The number of phenols is 2. The van der Waals surface area contributed by atoms with Gasteiger partial charge >= 0.3 is 23.8 Å². The van der Waals surface area contributed by atoms with E-state index >= 15 is 0 Å². The molecule has 0 saturated carbocycles. The number of allylic oxidation sites excluding steroid dienone is 3. The number of Topliss-reactive ketones (excluding diaryl/α,β-unsaturated/α-hetero) is 1. The number of likely N-dealkylation sites (tertiary alicyclic amines) is 1. The average Bonchev–Trinajstić information content (AvgIpc) is 3.89. The van der Waals surface area contributed by atoms with Crippen LogP contribution in [0.4, 0.5) is 10.5 Å². The maximum atomic E-state index is 14.9. The third-order valence-electron chi connectivity index (χ3n) is 16.7. The predicted molar refractivity (Wildman–Crippen MR) is 298 cm³/mol. The SMILES string of the molecule is CC(=O)Oc1ccc(COC(=O)NCCCCC(=O)O[C@@H]2[C@@H](C)[C@@H](O)[C@@H](C)[C@H](C)[C@H](C)[C@@H](C)/C(C)=C/O[C@@]3(C)Oc4c(C)c(O)c5c(O)c(c6c(c5c4C3=O)NC3(CCN(CC(C)C)CC3)N=6)=NC(=O)/C(C)=C\C=C\[C@@H]2C)cc1. The van der Waals surface area contributed by atoms with Gasteiger partial charge in [-0.3, -0.25) is 24.2 Å². The van der Waals surface area contributed by atoms with Crippen LogP contribution in [0.3, 0.4) is 0 Å². The van der Waals surface area contributed by atoms with Gasteiger partial charge in [-0.25, -0.2) is 9.79 Å².